The summed E-state index contributed by atoms with van der Waals surface area (Å²) in [7, 11) is 0. The Labute approximate surface area is 158 Å². The third-order valence-corrected chi connectivity index (χ3v) is 4.73. The third-order valence-electron chi connectivity index (χ3n) is 4.73. The Morgan fingerprint density at radius 3 is 2.70 bits per heavy atom. The number of rotatable bonds is 6. The smallest absolute Gasteiger partial charge is 0.240 e. The highest BCUT2D eigenvalue weighted by Crippen LogP contribution is 2.19. The maximum atomic E-state index is 12.1. The van der Waals surface area contributed by atoms with E-state index in [2.05, 4.69) is 44.6 Å². The summed E-state index contributed by atoms with van der Waals surface area (Å²) in [6, 6.07) is 18.3. The minimum absolute atomic E-state index is 0.113. The number of benzene rings is 2. The third kappa shape index (κ3) is 4.60. The van der Waals surface area contributed by atoms with Crippen molar-refractivity contribution in [2.24, 2.45) is 0 Å². The summed E-state index contributed by atoms with van der Waals surface area (Å²) in [5, 5.41) is 6.83. The summed E-state index contributed by atoms with van der Waals surface area (Å²) >= 11 is 0. The van der Waals surface area contributed by atoms with E-state index in [1.54, 1.807) is 0 Å². The van der Waals surface area contributed by atoms with Gasteiger partial charge in [-0.3, -0.25) is 9.69 Å². The van der Waals surface area contributed by atoms with Gasteiger partial charge in [-0.15, -0.1) is 0 Å². The van der Waals surface area contributed by atoms with E-state index in [0.717, 1.165) is 25.1 Å². The van der Waals surface area contributed by atoms with Crippen molar-refractivity contribution < 1.29 is 9.32 Å². The van der Waals surface area contributed by atoms with Crippen LogP contribution in [0.25, 0.3) is 0 Å². The SMILES string of the molecule is O=C(Cc1noc(CN2CCc3ccccc3C2)n1)NCc1ccccc1. The molecule has 0 fully saturated rings. The molecule has 1 N–H and O–H groups in total. The second-order valence-electron chi connectivity index (χ2n) is 6.77. The quantitative estimate of drug-likeness (QED) is 0.729. The first-order valence-electron chi connectivity index (χ1n) is 9.17. The van der Waals surface area contributed by atoms with E-state index in [-0.39, 0.29) is 12.3 Å². The highest BCUT2D eigenvalue weighted by molar-refractivity contribution is 5.77. The lowest BCUT2D eigenvalue weighted by Gasteiger charge is -2.27. The van der Waals surface area contributed by atoms with Crippen molar-refractivity contribution in [3.8, 4) is 0 Å². The molecule has 4 rings (SSSR count). The topological polar surface area (TPSA) is 71.3 Å². The van der Waals surface area contributed by atoms with Crippen LogP contribution in [0.5, 0.6) is 0 Å². The summed E-state index contributed by atoms with van der Waals surface area (Å²) in [6.45, 7) is 2.95. The lowest BCUT2D eigenvalue weighted by atomic mass is 10.00. The minimum atomic E-state index is -0.113. The Kier molecular flexibility index (Phi) is 5.25. The van der Waals surface area contributed by atoms with Crippen LogP contribution in [0.2, 0.25) is 0 Å². The van der Waals surface area contributed by atoms with Gasteiger partial charge in [-0.1, -0.05) is 59.8 Å². The molecule has 1 aliphatic heterocycles. The molecule has 27 heavy (non-hydrogen) atoms. The fraction of sp³-hybridized carbons (Fsp3) is 0.286. The van der Waals surface area contributed by atoms with Crippen molar-refractivity contribution in [2.75, 3.05) is 6.54 Å². The van der Waals surface area contributed by atoms with Crippen LogP contribution >= 0.6 is 0 Å². The van der Waals surface area contributed by atoms with E-state index in [1.165, 1.54) is 11.1 Å². The molecule has 0 spiro atoms. The van der Waals surface area contributed by atoms with Crippen molar-refractivity contribution in [1.29, 1.82) is 0 Å². The minimum Gasteiger partial charge on any atom is -0.352 e. The van der Waals surface area contributed by atoms with Crippen molar-refractivity contribution in [3.63, 3.8) is 0 Å². The maximum absolute atomic E-state index is 12.1. The van der Waals surface area contributed by atoms with Gasteiger partial charge in [0.25, 0.3) is 0 Å². The second kappa shape index (κ2) is 8.14. The van der Waals surface area contributed by atoms with Gasteiger partial charge >= 0.3 is 0 Å². The Bertz CT molecular complexity index is 907. The fourth-order valence-corrected chi connectivity index (χ4v) is 3.31. The van der Waals surface area contributed by atoms with Crippen LogP contribution in [0.3, 0.4) is 0 Å². The van der Waals surface area contributed by atoms with Gasteiger partial charge in [0.15, 0.2) is 5.82 Å². The van der Waals surface area contributed by atoms with Gasteiger partial charge in [0.1, 0.15) is 0 Å². The molecule has 2 aromatic carbocycles. The number of hydrogen-bond donors (Lipinski definition) is 1. The average Bonchev–Trinajstić information content (AvgIpc) is 3.14. The van der Waals surface area contributed by atoms with Crippen molar-refractivity contribution >= 4 is 5.91 Å². The normalized spacial score (nSPS) is 13.9. The molecule has 6 heteroatoms. The molecule has 1 aromatic heterocycles. The van der Waals surface area contributed by atoms with E-state index < -0.39 is 0 Å². The second-order valence-corrected chi connectivity index (χ2v) is 6.77. The first-order valence-corrected chi connectivity index (χ1v) is 9.17. The van der Waals surface area contributed by atoms with Crippen molar-refractivity contribution in [1.82, 2.24) is 20.4 Å². The zero-order chi connectivity index (χ0) is 18.5. The van der Waals surface area contributed by atoms with Gasteiger partial charge in [-0.05, 0) is 23.1 Å². The molecule has 0 radical (unpaired) electrons. The summed E-state index contributed by atoms with van der Waals surface area (Å²) in [5.41, 5.74) is 3.82. The van der Waals surface area contributed by atoms with Gasteiger partial charge in [0.05, 0.1) is 13.0 Å². The number of fused-ring (bicyclic) bond motifs is 1. The summed E-state index contributed by atoms with van der Waals surface area (Å²) in [6.07, 6.45) is 1.15. The summed E-state index contributed by atoms with van der Waals surface area (Å²) in [5.74, 6) is 0.867. The molecule has 1 amide bonds. The van der Waals surface area contributed by atoms with Gasteiger partial charge in [-0.2, -0.15) is 4.98 Å². The van der Waals surface area contributed by atoms with Gasteiger partial charge < -0.3 is 9.84 Å². The molecule has 0 saturated heterocycles. The molecule has 6 nitrogen and oxygen atoms in total. The molecular weight excluding hydrogens is 340 g/mol. The zero-order valence-corrected chi connectivity index (χ0v) is 15.1. The van der Waals surface area contributed by atoms with Crippen LogP contribution in [0, 0.1) is 0 Å². The number of nitrogens with one attached hydrogen (secondary N) is 1. The number of aromatic nitrogens is 2. The first kappa shape index (κ1) is 17.4. The number of carbonyl (C=O) groups excluding carboxylic acids is 1. The van der Waals surface area contributed by atoms with Crippen LogP contribution in [0.15, 0.2) is 59.1 Å². The van der Waals surface area contributed by atoms with Gasteiger partial charge in [0.2, 0.25) is 11.8 Å². The lowest BCUT2D eigenvalue weighted by molar-refractivity contribution is -0.120. The largest absolute Gasteiger partial charge is 0.352 e. The molecule has 0 atom stereocenters. The van der Waals surface area contributed by atoms with E-state index in [1.807, 2.05) is 30.3 Å². The van der Waals surface area contributed by atoms with Crippen LogP contribution in [0.1, 0.15) is 28.4 Å². The number of nitrogens with zero attached hydrogens (tertiary/aromatic N) is 3. The standard InChI is InChI=1S/C21H22N4O2/c26-20(22-13-16-6-2-1-3-7-16)12-19-23-21(27-24-19)15-25-11-10-17-8-4-5-9-18(17)14-25/h1-9H,10-15H2,(H,22,26). The van der Waals surface area contributed by atoms with Crippen LogP contribution in [-0.2, 0) is 37.3 Å². The molecule has 1 aliphatic rings. The Morgan fingerprint density at radius 1 is 1.07 bits per heavy atom. The van der Waals surface area contributed by atoms with Crippen molar-refractivity contribution in [2.45, 2.75) is 32.5 Å². The highest BCUT2D eigenvalue weighted by atomic mass is 16.5. The van der Waals surface area contributed by atoms with Crippen LogP contribution in [0.4, 0.5) is 0 Å². The molecular formula is C21H22N4O2. The first-order chi connectivity index (χ1) is 13.3. The van der Waals surface area contributed by atoms with Crippen LogP contribution in [-0.4, -0.2) is 27.5 Å². The zero-order valence-electron chi connectivity index (χ0n) is 15.1. The van der Waals surface area contributed by atoms with E-state index >= 15 is 0 Å². The summed E-state index contributed by atoms with van der Waals surface area (Å²) in [4.78, 5) is 18.7. The predicted octanol–water partition coefficient (Wildman–Crippen LogP) is 2.49. The predicted molar refractivity (Wildman–Crippen MR) is 101 cm³/mol. The molecule has 0 unspecified atom stereocenters. The molecule has 3 aromatic rings. The lowest BCUT2D eigenvalue weighted by Crippen LogP contribution is -2.30. The number of hydrogen-bond acceptors (Lipinski definition) is 5. The molecule has 0 bridgehead atoms. The van der Waals surface area contributed by atoms with E-state index in [0.29, 0.717) is 24.8 Å². The monoisotopic (exact) mass is 362 g/mol. The Morgan fingerprint density at radius 2 is 1.85 bits per heavy atom. The average molecular weight is 362 g/mol. The number of amides is 1. The van der Waals surface area contributed by atoms with Crippen molar-refractivity contribution in [3.05, 3.63) is 83.0 Å². The summed E-state index contributed by atoms with van der Waals surface area (Å²) < 4.78 is 5.34. The Balaban J connectivity index is 1.28. The molecule has 2 heterocycles. The molecule has 0 aliphatic carbocycles. The van der Waals surface area contributed by atoms with Gasteiger partial charge in [0, 0.05) is 19.6 Å². The Hall–Kier alpha value is -2.99. The highest BCUT2D eigenvalue weighted by Gasteiger charge is 2.19. The molecule has 138 valence electrons. The molecule has 0 saturated carbocycles. The van der Waals surface area contributed by atoms with Gasteiger partial charge in [-0.25, -0.2) is 0 Å². The van der Waals surface area contributed by atoms with E-state index in [9.17, 15) is 4.79 Å². The van der Waals surface area contributed by atoms with Crippen LogP contribution < -0.4 is 5.32 Å². The fourth-order valence-electron chi connectivity index (χ4n) is 3.31. The number of carbonyl (C=O) groups is 1. The maximum Gasteiger partial charge on any atom is 0.240 e. The van der Waals surface area contributed by atoms with E-state index in [4.69, 9.17) is 4.52 Å².